The summed E-state index contributed by atoms with van der Waals surface area (Å²) in [7, 11) is 1.88. The number of nitrogens with zero attached hydrogens (tertiary/aromatic N) is 3. The fraction of sp³-hybridized carbons (Fsp3) is 0.708. The molecule has 7 heteroatoms. The highest BCUT2D eigenvalue weighted by Gasteiger charge is 2.34. The molecule has 0 radical (unpaired) electrons. The Morgan fingerprint density at radius 3 is 2.48 bits per heavy atom. The van der Waals surface area contributed by atoms with Crippen molar-refractivity contribution in [1.29, 1.82) is 0 Å². The van der Waals surface area contributed by atoms with E-state index in [1.54, 1.807) is 0 Å². The topological polar surface area (TPSA) is 49.3 Å². The number of likely N-dealkylation sites (tertiary alicyclic amines) is 1. The van der Waals surface area contributed by atoms with Crippen molar-refractivity contribution in [2.45, 2.75) is 58.5 Å². The van der Waals surface area contributed by atoms with Gasteiger partial charge >= 0.3 is 0 Å². The Morgan fingerprint density at radius 2 is 1.84 bits per heavy atom. The fourth-order valence-electron chi connectivity index (χ4n) is 4.49. The average Bonchev–Trinajstić information content (AvgIpc) is 3.17. The Balaban J connectivity index is 0.00000341. The summed E-state index contributed by atoms with van der Waals surface area (Å²) >= 11 is 0. The van der Waals surface area contributed by atoms with E-state index in [2.05, 4.69) is 72.1 Å². The SMILES string of the molecule is CN=C(NCC(C)(C)N1CC(C)OC(C)C1)N1CCC(COCc2ccccc2)C1.I. The zero-order chi connectivity index (χ0) is 21.6. The molecule has 2 aliphatic rings. The van der Waals surface area contributed by atoms with Crippen LogP contribution in [0.4, 0.5) is 0 Å². The van der Waals surface area contributed by atoms with Crippen molar-refractivity contribution in [3.05, 3.63) is 35.9 Å². The third-order valence-electron chi connectivity index (χ3n) is 6.22. The number of aliphatic imine (C=N–C) groups is 1. The van der Waals surface area contributed by atoms with Gasteiger partial charge in [-0.25, -0.2) is 0 Å². The molecule has 1 aromatic carbocycles. The zero-order valence-corrected chi connectivity index (χ0v) is 22.2. The maximum atomic E-state index is 5.97. The van der Waals surface area contributed by atoms with Crippen molar-refractivity contribution in [1.82, 2.24) is 15.1 Å². The van der Waals surface area contributed by atoms with Gasteiger partial charge in [0.05, 0.1) is 25.4 Å². The van der Waals surface area contributed by atoms with Gasteiger partial charge in [-0.2, -0.15) is 0 Å². The van der Waals surface area contributed by atoms with Crippen molar-refractivity contribution in [2.75, 3.05) is 46.4 Å². The van der Waals surface area contributed by atoms with E-state index in [0.717, 1.165) is 51.7 Å². The second-order valence-corrected chi connectivity index (χ2v) is 9.48. The number of benzene rings is 1. The number of rotatable bonds is 7. The smallest absolute Gasteiger partial charge is 0.193 e. The van der Waals surface area contributed by atoms with Gasteiger partial charge < -0.3 is 19.7 Å². The van der Waals surface area contributed by atoms with E-state index in [1.807, 2.05) is 13.1 Å². The molecule has 176 valence electrons. The van der Waals surface area contributed by atoms with E-state index in [-0.39, 0.29) is 41.7 Å². The molecule has 0 spiro atoms. The molecule has 1 N–H and O–H groups in total. The van der Waals surface area contributed by atoms with Crippen molar-refractivity contribution in [3.63, 3.8) is 0 Å². The van der Waals surface area contributed by atoms with Crippen molar-refractivity contribution >= 4 is 29.9 Å². The minimum atomic E-state index is 0. The number of nitrogens with one attached hydrogen (secondary N) is 1. The van der Waals surface area contributed by atoms with Crippen LogP contribution in [0.15, 0.2) is 35.3 Å². The first-order valence-corrected chi connectivity index (χ1v) is 11.3. The molecule has 3 unspecified atom stereocenters. The number of hydrogen-bond donors (Lipinski definition) is 1. The maximum Gasteiger partial charge on any atom is 0.193 e. The minimum absolute atomic E-state index is 0. The molecule has 2 fully saturated rings. The van der Waals surface area contributed by atoms with Gasteiger partial charge in [0.1, 0.15) is 0 Å². The molecule has 0 bridgehead atoms. The molecule has 31 heavy (non-hydrogen) atoms. The molecule has 1 aromatic rings. The third-order valence-corrected chi connectivity index (χ3v) is 6.22. The number of ether oxygens (including phenoxy) is 2. The van der Waals surface area contributed by atoms with Crippen LogP contribution in [-0.4, -0.2) is 79.9 Å². The zero-order valence-electron chi connectivity index (χ0n) is 19.8. The number of morpholine rings is 1. The van der Waals surface area contributed by atoms with Crippen molar-refractivity contribution < 1.29 is 9.47 Å². The van der Waals surface area contributed by atoms with Gasteiger partial charge in [-0.05, 0) is 39.7 Å². The van der Waals surface area contributed by atoms with Gasteiger partial charge in [0.15, 0.2) is 5.96 Å². The summed E-state index contributed by atoms with van der Waals surface area (Å²) in [4.78, 5) is 9.47. The summed E-state index contributed by atoms with van der Waals surface area (Å²) < 4.78 is 11.9. The van der Waals surface area contributed by atoms with Crippen molar-refractivity contribution in [3.8, 4) is 0 Å². The van der Waals surface area contributed by atoms with E-state index < -0.39 is 0 Å². The van der Waals surface area contributed by atoms with Crippen LogP contribution in [0.5, 0.6) is 0 Å². The third kappa shape index (κ3) is 7.87. The molecule has 2 heterocycles. The highest BCUT2D eigenvalue weighted by Crippen LogP contribution is 2.21. The van der Waals surface area contributed by atoms with Gasteiger partial charge in [0.2, 0.25) is 0 Å². The highest BCUT2D eigenvalue weighted by atomic mass is 127. The van der Waals surface area contributed by atoms with Gasteiger partial charge in [-0.15, -0.1) is 24.0 Å². The van der Waals surface area contributed by atoms with Gasteiger partial charge in [-0.3, -0.25) is 9.89 Å². The van der Waals surface area contributed by atoms with Crippen LogP contribution in [0.3, 0.4) is 0 Å². The Bertz CT molecular complexity index is 675. The second-order valence-electron chi connectivity index (χ2n) is 9.48. The standard InChI is InChI=1S/C24H40N4O2.HI/c1-19-13-28(14-20(2)30-19)24(3,4)18-26-23(25-5)27-12-11-22(15-27)17-29-16-21-9-7-6-8-10-21;/h6-10,19-20,22H,11-18H2,1-5H3,(H,25,26);1H. The van der Waals surface area contributed by atoms with E-state index in [1.165, 1.54) is 5.56 Å². The molecule has 6 nitrogen and oxygen atoms in total. The predicted octanol–water partition coefficient (Wildman–Crippen LogP) is 3.61. The number of hydrogen-bond acceptors (Lipinski definition) is 4. The Labute approximate surface area is 205 Å². The average molecular weight is 545 g/mol. The number of halogens is 1. The first-order valence-electron chi connectivity index (χ1n) is 11.3. The number of guanidine groups is 1. The van der Waals surface area contributed by atoms with E-state index in [9.17, 15) is 0 Å². The summed E-state index contributed by atoms with van der Waals surface area (Å²) in [5.41, 5.74) is 1.28. The molecular formula is C24H41IN4O2. The molecule has 0 aromatic heterocycles. The van der Waals surface area contributed by atoms with Gasteiger partial charge in [0, 0.05) is 51.2 Å². The summed E-state index contributed by atoms with van der Waals surface area (Å²) in [6.07, 6.45) is 1.71. The predicted molar refractivity (Wildman–Crippen MR) is 138 cm³/mol. The van der Waals surface area contributed by atoms with E-state index >= 15 is 0 Å². The lowest BCUT2D eigenvalue weighted by Crippen LogP contribution is -2.59. The first kappa shape index (κ1) is 26.4. The van der Waals surface area contributed by atoms with Gasteiger partial charge in [-0.1, -0.05) is 30.3 Å². The lowest BCUT2D eigenvalue weighted by Gasteiger charge is -2.45. The molecular weight excluding hydrogens is 503 g/mol. The monoisotopic (exact) mass is 544 g/mol. The quantitative estimate of drug-likeness (QED) is 0.323. The molecule has 0 saturated carbocycles. The molecule has 3 atom stereocenters. The van der Waals surface area contributed by atoms with Crippen LogP contribution in [0.1, 0.15) is 39.7 Å². The fourth-order valence-corrected chi connectivity index (χ4v) is 4.49. The van der Waals surface area contributed by atoms with Crippen LogP contribution in [0.25, 0.3) is 0 Å². The first-order chi connectivity index (χ1) is 14.4. The molecule has 2 saturated heterocycles. The molecule has 0 amide bonds. The van der Waals surface area contributed by atoms with Crippen LogP contribution in [-0.2, 0) is 16.1 Å². The summed E-state index contributed by atoms with van der Waals surface area (Å²) in [5.74, 6) is 1.56. The summed E-state index contributed by atoms with van der Waals surface area (Å²) in [6, 6.07) is 10.4. The lowest BCUT2D eigenvalue weighted by atomic mass is 10.00. The molecule has 2 aliphatic heterocycles. The largest absolute Gasteiger partial charge is 0.376 e. The summed E-state index contributed by atoms with van der Waals surface area (Å²) in [5, 5.41) is 3.63. The normalized spacial score (nSPS) is 25.4. The minimum Gasteiger partial charge on any atom is -0.376 e. The molecule has 3 rings (SSSR count). The second kappa shape index (κ2) is 12.4. The Hall–Kier alpha value is -0.900. The van der Waals surface area contributed by atoms with Crippen LogP contribution < -0.4 is 5.32 Å². The van der Waals surface area contributed by atoms with Crippen molar-refractivity contribution in [2.24, 2.45) is 10.9 Å². The van der Waals surface area contributed by atoms with E-state index in [0.29, 0.717) is 12.5 Å². The summed E-state index contributed by atoms with van der Waals surface area (Å²) in [6.45, 7) is 15.3. The van der Waals surface area contributed by atoms with Crippen LogP contribution >= 0.6 is 24.0 Å². The van der Waals surface area contributed by atoms with E-state index in [4.69, 9.17) is 9.47 Å². The Morgan fingerprint density at radius 1 is 1.16 bits per heavy atom. The lowest BCUT2D eigenvalue weighted by molar-refractivity contribution is -0.0947. The van der Waals surface area contributed by atoms with Crippen LogP contribution in [0.2, 0.25) is 0 Å². The van der Waals surface area contributed by atoms with Gasteiger partial charge in [0.25, 0.3) is 0 Å². The highest BCUT2D eigenvalue weighted by molar-refractivity contribution is 14.0. The molecule has 0 aliphatic carbocycles. The Kier molecular flexibility index (Phi) is 10.5. The maximum absolute atomic E-state index is 5.97. The van der Waals surface area contributed by atoms with Crippen LogP contribution in [0, 0.1) is 5.92 Å².